The van der Waals surface area contributed by atoms with Crippen LogP contribution in [0.5, 0.6) is 0 Å². The second kappa shape index (κ2) is 13.2. The molecule has 1 aromatic heterocycles. The van der Waals surface area contributed by atoms with E-state index < -0.39 is 0 Å². The van der Waals surface area contributed by atoms with Gasteiger partial charge in [0.05, 0.1) is 45.3 Å². The van der Waals surface area contributed by atoms with Gasteiger partial charge in [0.25, 0.3) is 0 Å². The normalized spacial score (nSPS) is 21.5. The summed E-state index contributed by atoms with van der Waals surface area (Å²) in [5.41, 5.74) is 3.28. The van der Waals surface area contributed by atoms with Crippen molar-refractivity contribution >= 4 is 5.88 Å². The summed E-state index contributed by atoms with van der Waals surface area (Å²) in [5.74, 6) is 0.558. The van der Waals surface area contributed by atoms with E-state index in [1.54, 1.807) is 12.3 Å². The lowest BCUT2D eigenvalue weighted by atomic mass is 9.97. The van der Waals surface area contributed by atoms with Crippen LogP contribution in [0.25, 0.3) is 0 Å². The van der Waals surface area contributed by atoms with Crippen LogP contribution in [0.4, 0.5) is 5.88 Å². The number of nitrogens with one attached hydrogen (secondary N) is 1. The minimum absolute atomic E-state index is 0.206. The first-order chi connectivity index (χ1) is 18.3. The van der Waals surface area contributed by atoms with Gasteiger partial charge in [0.2, 0.25) is 5.88 Å². The molecule has 1 saturated heterocycles. The van der Waals surface area contributed by atoms with Crippen LogP contribution < -0.4 is 5.32 Å². The molecule has 0 radical (unpaired) electrons. The van der Waals surface area contributed by atoms with E-state index in [9.17, 15) is 0 Å². The number of hydrogen-bond donors (Lipinski definition) is 1. The molecule has 5 rings (SSSR count). The van der Waals surface area contributed by atoms with Gasteiger partial charge in [-0.15, -0.1) is 0 Å². The van der Waals surface area contributed by atoms with Gasteiger partial charge < -0.3 is 28.8 Å². The summed E-state index contributed by atoms with van der Waals surface area (Å²) in [6.07, 6.45) is 0.595. The Morgan fingerprint density at radius 3 is 1.84 bits per heavy atom. The van der Waals surface area contributed by atoms with Crippen LogP contribution in [-0.2, 0) is 38.8 Å². The van der Waals surface area contributed by atoms with Crippen molar-refractivity contribution in [3.8, 4) is 0 Å². The summed E-state index contributed by atoms with van der Waals surface area (Å²) in [6.45, 7) is 2.17. The molecule has 1 N–H and O–H groups in total. The van der Waals surface area contributed by atoms with Gasteiger partial charge in [0, 0.05) is 6.07 Å². The Morgan fingerprint density at radius 2 is 1.27 bits per heavy atom. The van der Waals surface area contributed by atoms with Crippen molar-refractivity contribution in [2.24, 2.45) is 0 Å². The number of hydrogen-bond acceptors (Lipinski definition) is 7. The molecule has 1 aliphatic rings. The molecule has 1 fully saturated rings. The molecular weight excluding hydrogens is 468 g/mol. The molecule has 2 heterocycles. The van der Waals surface area contributed by atoms with Gasteiger partial charge in [-0.2, -0.15) is 0 Å². The maximum absolute atomic E-state index is 6.54. The van der Waals surface area contributed by atoms with E-state index in [2.05, 4.69) is 34.7 Å². The van der Waals surface area contributed by atoms with E-state index in [1.165, 1.54) is 0 Å². The molecule has 3 aromatic carbocycles. The number of nitrogens with zero attached hydrogens (tertiary/aromatic N) is 1. The Hall–Kier alpha value is -3.49. The number of ether oxygens (including phenoxy) is 4. The lowest BCUT2D eigenvalue weighted by Crippen LogP contribution is -2.58. The highest BCUT2D eigenvalue weighted by Gasteiger charge is 2.43. The van der Waals surface area contributed by atoms with Crippen LogP contribution in [0.3, 0.4) is 0 Å². The van der Waals surface area contributed by atoms with Crippen molar-refractivity contribution in [3.05, 3.63) is 120 Å². The van der Waals surface area contributed by atoms with E-state index in [4.69, 9.17) is 23.5 Å². The van der Waals surface area contributed by atoms with E-state index >= 15 is 0 Å². The minimum atomic E-state index is -0.381. The first-order valence-electron chi connectivity index (χ1n) is 12.6. The Morgan fingerprint density at radius 1 is 0.703 bits per heavy atom. The van der Waals surface area contributed by atoms with Gasteiger partial charge in [-0.1, -0.05) is 96.2 Å². The molecule has 192 valence electrons. The Bertz CT molecular complexity index is 1160. The third-order valence-corrected chi connectivity index (χ3v) is 6.31. The molecule has 1 aliphatic heterocycles. The Balaban J connectivity index is 1.33. The van der Waals surface area contributed by atoms with Crippen LogP contribution in [0.2, 0.25) is 0 Å². The molecule has 0 amide bonds. The van der Waals surface area contributed by atoms with E-state index in [0.29, 0.717) is 38.9 Å². The Kier molecular flexibility index (Phi) is 8.96. The first kappa shape index (κ1) is 25.2. The monoisotopic (exact) mass is 500 g/mol. The molecule has 0 saturated carbocycles. The van der Waals surface area contributed by atoms with Crippen LogP contribution in [-0.4, -0.2) is 42.7 Å². The zero-order valence-corrected chi connectivity index (χ0v) is 20.6. The van der Waals surface area contributed by atoms with Gasteiger partial charge >= 0.3 is 0 Å². The fourth-order valence-corrected chi connectivity index (χ4v) is 4.41. The molecular formula is C30H32N2O5. The van der Waals surface area contributed by atoms with E-state index in [0.717, 1.165) is 16.7 Å². The van der Waals surface area contributed by atoms with E-state index in [-0.39, 0.29) is 24.4 Å². The van der Waals surface area contributed by atoms with Gasteiger partial charge in [-0.25, -0.2) is 0 Å². The molecule has 3 unspecified atom stereocenters. The zero-order chi connectivity index (χ0) is 25.1. The quantitative estimate of drug-likeness (QED) is 0.285. The standard InChI is InChI=1S/C30H32N2O5/c1-4-10-23(11-5-1)18-33-22-27-30(36-20-25-14-8-3-9-15-25)29(35-19-24-12-6-2-7-13-24)26(21-34-27)32-28-16-17-31-37-28/h1-17,26-27,29-30,32H,18-22H2/t26-,27?,29?,30?/m1/s1. The summed E-state index contributed by atoms with van der Waals surface area (Å²) >= 11 is 0. The van der Waals surface area contributed by atoms with Gasteiger partial charge in [0.1, 0.15) is 18.3 Å². The second-order valence-electron chi connectivity index (χ2n) is 9.02. The number of benzene rings is 3. The lowest BCUT2D eigenvalue weighted by Gasteiger charge is -2.42. The maximum Gasteiger partial charge on any atom is 0.224 e. The third kappa shape index (κ3) is 7.27. The number of rotatable bonds is 12. The van der Waals surface area contributed by atoms with E-state index in [1.807, 2.05) is 66.7 Å². The summed E-state index contributed by atoms with van der Waals surface area (Å²) in [7, 11) is 0. The van der Waals surface area contributed by atoms with Gasteiger partial charge in [-0.3, -0.25) is 0 Å². The van der Waals surface area contributed by atoms with Gasteiger partial charge in [-0.05, 0) is 16.7 Å². The largest absolute Gasteiger partial charge is 0.374 e. The molecule has 0 spiro atoms. The Labute approximate surface area is 217 Å². The highest BCUT2D eigenvalue weighted by atomic mass is 16.6. The molecule has 4 aromatic rings. The SMILES string of the molecule is c1ccc(COCC2OC[C@@H](Nc3ccno3)C(OCc3ccccc3)C2OCc2ccccc2)cc1. The minimum Gasteiger partial charge on any atom is -0.374 e. The highest BCUT2D eigenvalue weighted by molar-refractivity contribution is 5.30. The van der Waals surface area contributed by atoms with Crippen molar-refractivity contribution in [1.82, 2.24) is 5.16 Å². The molecule has 37 heavy (non-hydrogen) atoms. The molecule has 4 atom stereocenters. The summed E-state index contributed by atoms with van der Waals surface area (Å²) in [5, 5.41) is 7.19. The van der Waals surface area contributed by atoms with Crippen LogP contribution >= 0.6 is 0 Å². The molecule has 0 bridgehead atoms. The van der Waals surface area contributed by atoms with Crippen molar-refractivity contribution in [2.45, 2.75) is 44.2 Å². The van der Waals surface area contributed by atoms with Gasteiger partial charge in [0.15, 0.2) is 0 Å². The van der Waals surface area contributed by atoms with Crippen LogP contribution in [0.1, 0.15) is 16.7 Å². The summed E-state index contributed by atoms with van der Waals surface area (Å²) in [6, 6.07) is 31.9. The fourth-order valence-electron chi connectivity index (χ4n) is 4.41. The maximum atomic E-state index is 6.54. The topological polar surface area (TPSA) is 75.0 Å². The highest BCUT2D eigenvalue weighted by Crippen LogP contribution is 2.27. The average molecular weight is 501 g/mol. The zero-order valence-electron chi connectivity index (χ0n) is 20.6. The molecule has 7 heteroatoms. The molecule has 7 nitrogen and oxygen atoms in total. The average Bonchev–Trinajstić information content (AvgIpc) is 3.47. The summed E-state index contributed by atoms with van der Waals surface area (Å²) in [4.78, 5) is 0. The van der Waals surface area contributed by atoms with Crippen LogP contribution in [0.15, 0.2) is 108 Å². The second-order valence-corrected chi connectivity index (χ2v) is 9.02. The first-order valence-corrected chi connectivity index (χ1v) is 12.6. The lowest BCUT2D eigenvalue weighted by molar-refractivity contribution is -0.201. The summed E-state index contributed by atoms with van der Waals surface area (Å²) < 4.78 is 30.8. The number of anilines is 1. The van der Waals surface area contributed by atoms with Crippen LogP contribution in [0, 0.1) is 0 Å². The number of aromatic nitrogens is 1. The third-order valence-electron chi connectivity index (χ3n) is 6.31. The van der Waals surface area contributed by atoms with Crippen molar-refractivity contribution in [2.75, 3.05) is 18.5 Å². The molecule has 0 aliphatic carbocycles. The van der Waals surface area contributed by atoms with Crippen molar-refractivity contribution in [1.29, 1.82) is 0 Å². The smallest absolute Gasteiger partial charge is 0.224 e. The van der Waals surface area contributed by atoms with Crippen molar-refractivity contribution < 1.29 is 23.5 Å². The predicted octanol–water partition coefficient (Wildman–Crippen LogP) is 5.24. The fraction of sp³-hybridized carbons (Fsp3) is 0.300. The predicted molar refractivity (Wildman–Crippen MR) is 140 cm³/mol. The van der Waals surface area contributed by atoms with Crippen molar-refractivity contribution in [3.63, 3.8) is 0 Å².